The molecule has 11 heavy (non-hydrogen) atoms. The van der Waals surface area contributed by atoms with Crippen LogP contribution < -0.4 is 0 Å². The van der Waals surface area contributed by atoms with E-state index in [9.17, 15) is 4.79 Å². The highest BCUT2D eigenvalue weighted by Crippen LogP contribution is 1.97. The number of esters is 1. The van der Waals surface area contributed by atoms with Crippen molar-refractivity contribution in [2.75, 3.05) is 11.9 Å². The quantitative estimate of drug-likeness (QED) is 0.417. The van der Waals surface area contributed by atoms with Crippen LogP contribution in [0.25, 0.3) is 0 Å². The second-order valence-corrected chi connectivity index (χ2v) is 2.41. The van der Waals surface area contributed by atoms with Crippen LogP contribution in [0.1, 0.15) is 21.3 Å². The predicted octanol–water partition coefficient (Wildman–Crippen LogP) is 2.53. The van der Waals surface area contributed by atoms with Crippen LogP contribution in [0.3, 0.4) is 0 Å². The minimum absolute atomic E-state index is 0. The van der Waals surface area contributed by atoms with Crippen molar-refractivity contribution in [1.82, 2.24) is 0 Å². The van der Waals surface area contributed by atoms with Crippen molar-refractivity contribution in [1.29, 1.82) is 0 Å². The molecular formula is C8H15BrO2. The van der Waals surface area contributed by atoms with Crippen LogP contribution >= 0.6 is 15.9 Å². The lowest BCUT2D eigenvalue weighted by atomic mass is 10.3. The summed E-state index contributed by atoms with van der Waals surface area (Å²) in [5.41, 5.74) is 0.652. The zero-order valence-electron chi connectivity index (χ0n) is 6.19. The van der Waals surface area contributed by atoms with Crippen LogP contribution in [0, 0.1) is 0 Å². The van der Waals surface area contributed by atoms with Crippen LogP contribution in [-0.2, 0) is 9.53 Å². The first-order valence-electron chi connectivity index (χ1n) is 3.12. The molecule has 0 bridgehead atoms. The van der Waals surface area contributed by atoms with Gasteiger partial charge in [0.15, 0.2) is 0 Å². The molecule has 0 heterocycles. The fourth-order valence-electron chi connectivity index (χ4n) is 0.444. The highest BCUT2D eigenvalue weighted by molar-refractivity contribution is 9.09. The first-order chi connectivity index (χ1) is 4.72. The van der Waals surface area contributed by atoms with E-state index in [1.54, 1.807) is 19.9 Å². The molecule has 0 aromatic carbocycles. The summed E-state index contributed by atoms with van der Waals surface area (Å²) >= 11 is 3.19. The molecule has 0 saturated heterocycles. The Labute approximate surface area is 76.8 Å². The summed E-state index contributed by atoms with van der Waals surface area (Å²) in [5.74, 6) is -0.234. The van der Waals surface area contributed by atoms with Crippen molar-refractivity contribution in [3.05, 3.63) is 11.6 Å². The van der Waals surface area contributed by atoms with Gasteiger partial charge in [-0.25, -0.2) is 4.79 Å². The molecule has 0 aliphatic rings. The maximum atomic E-state index is 10.8. The first kappa shape index (κ1) is 13.3. The molecule has 66 valence electrons. The zero-order chi connectivity index (χ0) is 7.98. The molecule has 0 rings (SSSR count). The molecule has 0 atom stereocenters. The fourth-order valence-corrected chi connectivity index (χ4v) is 0.930. The van der Waals surface area contributed by atoms with Crippen molar-refractivity contribution in [2.45, 2.75) is 21.3 Å². The standard InChI is InChI=1S/C7H11BrO2.CH4/c1-3-10-7(9)6(2)4-5-8;/h4H,3,5H2,1-2H3;1H4/b6-4+;. The normalized spacial score (nSPS) is 10.3. The average Bonchev–Trinajstić information content (AvgIpc) is 1.89. The number of hydrogen-bond acceptors (Lipinski definition) is 2. The summed E-state index contributed by atoms with van der Waals surface area (Å²) in [6.07, 6.45) is 1.78. The summed E-state index contributed by atoms with van der Waals surface area (Å²) in [6, 6.07) is 0. The highest BCUT2D eigenvalue weighted by Gasteiger charge is 2.01. The van der Waals surface area contributed by atoms with E-state index in [1.807, 2.05) is 0 Å². The molecule has 3 heteroatoms. The largest absolute Gasteiger partial charge is 0.463 e. The van der Waals surface area contributed by atoms with Gasteiger partial charge < -0.3 is 4.74 Å². The molecule has 0 radical (unpaired) electrons. The maximum Gasteiger partial charge on any atom is 0.333 e. The number of rotatable bonds is 3. The summed E-state index contributed by atoms with van der Waals surface area (Å²) in [6.45, 7) is 3.96. The van der Waals surface area contributed by atoms with Crippen LogP contribution in [0.15, 0.2) is 11.6 Å². The van der Waals surface area contributed by atoms with E-state index < -0.39 is 0 Å². The van der Waals surface area contributed by atoms with Crippen LogP contribution in [0.4, 0.5) is 0 Å². The summed E-state index contributed by atoms with van der Waals surface area (Å²) in [5, 5.41) is 0.692. The van der Waals surface area contributed by atoms with Crippen LogP contribution in [0.2, 0.25) is 0 Å². The number of ether oxygens (including phenoxy) is 1. The second kappa shape index (κ2) is 7.79. The van der Waals surface area contributed by atoms with Crippen molar-refractivity contribution in [3.8, 4) is 0 Å². The Morgan fingerprint density at radius 3 is 2.55 bits per heavy atom. The van der Waals surface area contributed by atoms with Crippen LogP contribution in [-0.4, -0.2) is 17.9 Å². The van der Waals surface area contributed by atoms with Gasteiger partial charge in [0.2, 0.25) is 0 Å². The molecule has 0 amide bonds. The third-order valence-electron chi connectivity index (χ3n) is 0.981. The van der Waals surface area contributed by atoms with Gasteiger partial charge in [-0.3, -0.25) is 0 Å². The molecular weight excluding hydrogens is 208 g/mol. The molecule has 0 spiro atoms. The highest BCUT2D eigenvalue weighted by atomic mass is 79.9. The van der Waals surface area contributed by atoms with Gasteiger partial charge in [0, 0.05) is 10.9 Å². The van der Waals surface area contributed by atoms with E-state index in [0.717, 1.165) is 0 Å². The Balaban J connectivity index is 0. The predicted molar refractivity (Wildman–Crippen MR) is 50.9 cm³/mol. The zero-order valence-corrected chi connectivity index (χ0v) is 7.77. The lowest BCUT2D eigenvalue weighted by Crippen LogP contribution is -2.04. The number of alkyl halides is 1. The molecule has 0 saturated carbocycles. The molecule has 0 aromatic heterocycles. The Kier molecular flexibility index (Phi) is 9.42. The smallest absolute Gasteiger partial charge is 0.333 e. The van der Waals surface area contributed by atoms with Crippen LogP contribution in [0.5, 0.6) is 0 Å². The van der Waals surface area contributed by atoms with E-state index in [-0.39, 0.29) is 13.4 Å². The van der Waals surface area contributed by atoms with E-state index in [1.165, 1.54) is 0 Å². The molecule has 0 fully saturated rings. The summed E-state index contributed by atoms with van der Waals surface area (Å²) in [4.78, 5) is 10.8. The van der Waals surface area contributed by atoms with Gasteiger partial charge in [-0.05, 0) is 13.8 Å². The summed E-state index contributed by atoms with van der Waals surface area (Å²) in [7, 11) is 0. The molecule has 2 nitrogen and oxygen atoms in total. The number of hydrogen-bond donors (Lipinski definition) is 0. The maximum absolute atomic E-state index is 10.8. The topological polar surface area (TPSA) is 26.3 Å². The van der Waals surface area contributed by atoms with Gasteiger partial charge in [0.1, 0.15) is 0 Å². The molecule has 0 N–H and O–H groups in total. The van der Waals surface area contributed by atoms with E-state index in [4.69, 9.17) is 4.74 Å². The third kappa shape index (κ3) is 6.10. The van der Waals surface area contributed by atoms with Gasteiger partial charge in [-0.15, -0.1) is 0 Å². The molecule has 0 unspecified atom stereocenters. The van der Waals surface area contributed by atoms with E-state index >= 15 is 0 Å². The lowest BCUT2D eigenvalue weighted by molar-refractivity contribution is -0.138. The number of halogens is 1. The number of allylic oxidation sites excluding steroid dienone is 1. The Morgan fingerprint density at radius 1 is 1.64 bits per heavy atom. The lowest BCUT2D eigenvalue weighted by Gasteiger charge is -1.99. The Morgan fingerprint density at radius 2 is 2.18 bits per heavy atom. The average molecular weight is 223 g/mol. The first-order valence-corrected chi connectivity index (χ1v) is 4.24. The third-order valence-corrected chi connectivity index (χ3v) is 1.30. The minimum Gasteiger partial charge on any atom is -0.463 e. The van der Waals surface area contributed by atoms with Crippen molar-refractivity contribution in [3.63, 3.8) is 0 Å². The van der Waals surface area contributed by atoms with Crippen molar-refractivity contribution >= 4 is 21.9 Å². The molecule has 0 aliphatic carbocycles. The van der Waals surface area contributed by atoms with E-state index in [0.29, 0.717) is 17.5 Å². The number of carbonyl (C=O) groups excluding carboxylic acids is 1. The van der Waals surface area contributed by atoms with Crippen molar-refractivity contribution in [2.24, 2.45) is 0 Å². The van der Waals surface area contributed by atoms with Crippen molar-refractivity contribution < 1.29 is 9.53 Å². The summed E-state index contributed by atoms with van der Waals surface area (Å²) < 4.78 is 4.73. The fraction of sp³-hybridized carbons (Fsp3) is 0.625. The monoisotopic (exact) mass is 222 g/mol. The van der Waals surface area contributed by atoms with Gasteiger partial charge >= 0.3 is 5.97 Å². The SMILES string of the molecule is C.CCOC(=O)/C(C)=C/CBr. The van der Waals surface area contributed by atoms with Gasteiger partial charge in [0.25, 0.3) is 0 Å². The second-order valence-electron chi connectivity index (χ2n) is 1.76. The van der Waals surface area contributed by atoms with Gasteiger partial charge in [0.05, 0.1) is 6.61 Å². The van der Waals surface area contributed by atoms with Gasteiger partial charge in [-0.2, -0.15) is 0 Å². The van der Waals surface area contributed by atoms with Gasteiger partial charge in [-0.1, -0.05) is 29.4 Å². The molecule has 0 aromatic rings. The van der Waals surface area contributed by atoms with E-state index in [2.05, 4.69) is 15.9 Å². The minimum atomic E-state index is -0.234. The number of carbonyl (C=O) groups is 1. The Bertz CT molecular complexity index is 141. The Hall–Kier alpha value is -0.310. The molecule has 0 aliphatic heterocycles.